The first-order chi connectivity index (χ1) is 6.33. The van der Waals surface area contributed by atoms with Crippen molar-refractivity contribution in [1.29, 1.82) is 0 Å². The summed E-state index contributed by atoms with van der Waals surface area (Å²) in [5.41, 5.74) is 7.18. The van der Waals surface area contributed by atoms with Crippen molar-refractivity contribution in [3.05, 3.63) is 12.5 Å². The number of aryl methyl sites for hydroxylation is 1. The Bertz CT molecular complexity index is 424. The molecule has 0 saturated carbocycles. The molecule has 0 aliphatic rings. The lowest BCUT2D eigenvalue weighted by Crippen LogP contribution is -2.04. The molecule has 6 heteroatoms. The van der Waals surface area contributed by atoms with Crippen molar-refractivity contribution in [1.82, 2.24) is 19.7 Å². The highest BCUT2D eigenvalue weighted by atomic mass is 35.5. The number of anilines is 1. The maximum absolute atomic E-state index is 5.68. The van der Waals surface area contributed by atoms with Crippen molar-refractivity contribution in [2.24, 2.45) is 0 Å². The third-order valence-electron chi connectivity index (χ3n) is 1.75. The van der Waals surface area contributed by atoms with Crippen LogP contribution in [0.2, 0.25) is 0 Å². The zero-order chi connectivity index (χ0) is 9.26. The Morgan fingerprint density at radius 3 is 3.08 bits per heavy atom. The Morgan fingerprint density at radius 1 is 1.46 bits per heavy atom. The molecule has 2 heterocycles. The molecule has 0 fully saturated rings. The van der Waals surface area contributed by atoms with E-state index < -0.39 is 0 Å². The van der Waals surface area contributed by atoms with Gasteiger partial charge in [-0.2, -0.15) is 5.10 Å². The van der Waals surface area contributed by atoms with Crippen LogP contribution in [0.25, 0.3) is 11.0 Å². The zero-order valence-corrected chi connectivity index (χ0v) is 7.57. The molecular weight excluding hydrogens is 190 g/mol. The Kier molecular flexibility index (Phi) is 2.02. The Morgan fingerprint density at radius 2 is 2.31 bits per heavy atom. The maximum atomic E-state index is 5.68. The number of rotatable bonds is 2. The molecule has 5 nitrogen and oxygen atoms in total. The van der Waals surface area contributed by atoms with Gasteiger partial charge in [0.1, 0.15) is 17.4 Å². The average molecular weight is 198 g/mol. The minimum atomic E-state index is 0.438. The number of aromatic nitrogens is 4. The molecule has 0 aliphatic heterocycles. The van der Waals surface area contributed by atoms with E-state index in [-0.39, 0.29) is 0 Å². The minimum Gasteiger partial charge on any atom is -0.382 e. The predicted molar refractivity (Wildman–Crippen MR) is 50.5 cm³/mol. The molecule has 2 aromatic heterocycles. The van der Waals surface area contributed by atoms with Crippen molar-refractivity contribution >= 4 is 28.5 Å². The number of nitrogens with two attached hydrogens (primary N) is 1. The highest BCUT2D eigenvalue weighted by Crippen LogP contribution is 2.15. The van der Waals surface area contributed by atoms with Gasteiger partial charge in [-0.1, -0.05) is 0 Å². The van der Waals surface area contributed by atoms with E-state index in [1.807, 2.05) is 0 Å². The van der Waals surface area contributed by atoms with Gasteiger partial charge in [0.15, 0.2) is 5.82 Å². The predicted octanol–water partition coefficient (Wildman–Crippen LogP) is 0.647. The van der Waals surface area contributed by atoms with E-state index in [0.717, 1.165) is 11.0 Å². The van der Waals surface area contributed by atoms with Crippen LogP contribution in [0, 0.1) is 0 Å². The van der Waals surface area contributed by atoms with E-state index in [1.54, 1.807) is 10.9 Å². The monoisotopic (exact) mass is 197 g/mol. The van der Waals surface area contributed by atoms with Gasteiger partial charge in [-0.3, -0.25) is 4.68 Å². The second-order valence-corrected chi connectivity index (χ2v) is 2.93. The number of halogens is 1. The lowest BCUT2D eigenvalue weighted by atomic mass is 10.4. The van der Waals surface area contributed by atoms with Crippen LogP contribution < -0.4 is 5.73 Å². The van der Waals surface area contributed by atoms with Crippen LogP contribution in [0.4, 0.5) is 5.82 Å². The molecule has 0 aromatic carbocycles. The highest BCUT2D eigenvalue weighted by molar-refractivity contribution is 6.17. The number of alkyl halides is 1. The fourth-order valence-electron chi connectivity index (χ4n) is 1.20. The van der Waals surface area contributed by atoms with E-state index in [0.29, 0.717) is 18.2 Å². The lowest BCUT2D eigenvalue weighted by molar-refractivity contribution is 0.688. The van der Waals surface area contributed by atoms with E-state index >= 15 is 0 Å². The summed E-state index contributed by atoms with van der Waals surface area (Å²) < 4.78 is 1.71. The first-order valence-electron chi connectivity index (χ1n) is 3.81. The number of hydrogen-bond donors (Lipinski definition) is 1. The molecule has 0 amide bonds. The first-order valence-corrected chi connectivity index (χ1v) is 4.34. The molecular formula is C7H8ClN5. The summed E-state index contributed by atoms with van der Waals surface area (Å²) in [5, 5.41) is 4.10. The van der Waals surface area contributed by atoms with Crippen molar-refractivity contribution in [3.8, 4) is 0 Å². The zero-order valence-electron chi connectivity index (χ0n) is 6.81. The summed E-state index contributed by atoms with van der Waals surface area (Å²) in [6.45, 7) is 0.614. The number of hydrogen-bond acceptors (Lipinski definition) is 4. The van der Waals surface area contributed by atoms with Gasteiger partial charge in [0.05, 0.1) is 12.7 Å². The van der Waals surface area contributed by atoms with Gasteiger partial charge in [0.25, 0.3) is 0 Å². The third kappa shape index (κ3) is 1.31. The molecule has 68 valence electrons. The average Bonchev–Trinajstić information content (AvgIpc) is 2.51. The Hall–Kier alpha value is -1.36. The maximum Gasteiger partial charge on any atom is 0.153 e. The van der Waals surface area contributed by atoms with Crippen LogP contribution >= 0.6 is 11.6 Å². The third-order valence-corrected chi connectivity index (χ3v) is 1.92. The largest absolute Gasteiger partial charge is 0.382 e. The molecule has 2 aromatic rings. The Labute approximate surface area is 79.5 Å². The number of nitrogens with zero attached hydrogens (tertiary/aromatic N) is 4. The summed E-state index contributed by atoms with van der Waals surface area (Å²) in [6.07, 6.45) is 3.07. The number of fused-ring (bicyclic) bond motifs is 1. The van der Waals surface area contributed by atoms with Gasteiger partial charge in [-0.15, -0.1) is 11.6 Å². The summed E-state index contributed by atoms with van der Waals surface area (Å²) in [7, 11) is 0. The van der Waals surface area contributed by atoms with Gasteiger partial charge in [0, 0.05) is 5.88 Å². The minimum absolute atomic E-state index is 0.438. The summed E-state index contributed by atoms with van der Waals surface area (Å²) >= 11 is 5.60. The Balaban J connectivity index is 2.64. The van der Waals surface area contributed by atoms with E-state index in [4.69, 9.17) is 17.3 Å². The lowest BCUT2D eigenvalue weighted by Gasteiger charge is -2.00. The van der Waals surface area contributed by atoms with Gasteiger partial charge in [-0.05, 0) is 0 Å². The smallest absolute Gasteiger partial charge is 0.153 e. The van der Waals surface area contributed by atoms with Crippen molar-refractivity contribution in [3.63, 3.8) is 0 Å². The second-order valence-electron chi connectivity index (χ2n) is 2.55. The molecule has 0 atom stereocenters. The van der Waals surface area contributed by atoms with E-state index in [1.165, 1.54) is 6.33 Å². The molecule has 0 bridgehead atoms. The second kappa shape index (κ2) is 3.18. The summed E-state index contributed by atoms with van der Waals surface area (Å²) in [4.78, 5) is 7.91. The van der Waals surface area contributed by atoms with Crippen LogP contribution in [-0.2, 0) is 6.54 Å². The fraction of sp³-hybridized carbons (Fsp3) is 0.286. The molecule has 0 saturated heterocycles. The van der Waals surface area contributed by atoms with Gasteiger partial charge < -0.3 is 5.73 Å². The van der Waals surface area contributed by atoms with Crippen LogP contribution in [0.3, 0.4) is 0 Å². The van der Waals surface area contributed by atoms with Crippen LogP contribution in [0.15, 0.2) is 12.5 Å². The first kappa shape index (κ1) is 8.25. The molecule has 2 N–H and O–H groups in total. The normalized spacial score (nSPS) is 10.8. The van der Waals surface area contributed by atoms with Crippen LogP contribution in [0.1, 0.15) is 0 Å². The summed E-state index contributed by atoms with van der Waals surface area (Å²) in [5.74, 6) is 0.929. The number of nitrogen functional groups attached to an aromatic ring is 1. The van der Waals surface area contributed by atoms with Crippen molar-refractivity contribution in [2.45, 2.75) is 6.54 Å². The quantitative estimate of drug-likeness (QED) is 0.718. The van der Waals surface area contributed by atoms with Crippen LogP contribution in [0.5, 0.6) is 0 Å². The molecule has 13 heavy (non-hydrogen) atoms. The molecule has 0 radical (unpaired) electrons. The van der Waals surface area contributed by atoms with Crippen LogP contribution in [-0.4, -0.2) is 25.6 Å². The SMILES string of the molecule is Nc1ncnc2cnn(CCCl)c12. The molecule has 0 unspecified atom stereocenters. The summed E-state index contributed by atoms with van der Waals surface area (Å²) in [6, 6.07) is 0. The fourth-order valence-corrected chi connectivity index (χ4v) is 1.36. The van der Waals surface area contributed by atoms with Crippen molar-refractivity contribution in [2.75, 3.05) is 11.6 Å². The topological polar surface area (TPSA) is 69.6 Å². The highest BCUT2D eigenvalue weighted by Gasteiger charge is 2.06. The van der Waals surface area contributed by atoms with Gasteiger partial charge >= 0.3 is 0 Å². The van der Waals surface area contributed by atoms with E-state index in [9.17, 15) is 0 Å². The molecule has 0 aliphatic carbocycles. The van der Waals surface area contributed by atoms with E-state index in [2.05, 4.69) is 15.1 Å². The molecule has 2 rings (SSSR count). The molecule has 0 spiro atoms. The van der Waals surface area contributed by atoms with Crippen molar-refractivity contribution < 1.29 is 0 Å². The van der Waals surface area contributed by atoms with Gasteiger partial charge in [-0.25, -0.2) is 9.97 Å². The van der Waals surface area contributed by atoms with Gasteiger partial charge in [0.2, 0.25) is 0 Å². The standard InChI is InChI=1S/C7H8ClN5/c8-1-2-13-6-5(3-12-13)10-4-11-7(6)9/h3-4H,1-2H2,(H2,9,10,11).